The fraction of sp³-hybridized carbons (Fsp3) is 0.371. The van der Waals surface area contributed by atoms with Gasteiger partial charge < -0.3 is 19.7 Å². The van der Waals surface area contributed by atoms with E-state index < -0.39 is 46.8 Å². The molecule has 0 bridgehead atoms. The van der Waals surface area contributed by atoms with Gasteiger partial charge in [0, 0.05) is 54.5 Å². The molecule has 0 saturated carbocycles. The van der Waals surface area contributed by atoms with E-state index >= 15 is 8.78 Å². The minimum absolute atomic E-state index is 0.000258. The van der Waals surface area contributed by atoms with Crippen LogP contribution in [0.2, 0.25) is 10.3 Å². The molecule has 4 aliphatic rings. The molecular formula is C35H31Cl3F2N6O6. The van der Waals surface area contributed by atoms with Gasteiger partial charge in [0.05, 0.1) is 29.0 Å². The van der Waals surface area contributed by atoms with Gasteiger partial charge in [0.2, 0.25) is 0 Å². The summed E-state index contributed by atoms with van der Waals surface area (Å²) in [4.78, 5) is 54.7. The molecule has 2 aromatic carbocycles. The molecule has 4 aliphatic heterocycles. The molecule has 6 heterocycles. The molecule has 0 aliphatic carbocycles. The summed E-state index contributed by atoms with van der Waals surface area (Å²) in [6, 6.07) is 4.95. The molecule has 12 nitrogen and oxygen atoms in total. The third kappa shape index (κ3) is 5.53. The van der Waals surface area contributed by atoms with Crippen molar-refractivity contribution in [2.45, 2.75) is 71.0 Å². The molecule has 272 valence electrons. The van der Waals surface area contributed by atoms with E-state index in [1.165, 1.54) is 33.3 Å². The van der Waals surface area contributed by atoms with Gasteiger partial charge in [0.25, 0.3) is 22.9 Å². The van der Waals surface area contributed by atoms with Crippen LogP contribution in [0.1, 0.15) is 32.6 Å². The maximum absolute atomic E-state index is 15.9. The lowest BCUT2D eigenvalue weighted by atomic mass is 9.94. The second kappa shape index (κ2) is 12.8. The van der Waals surface area contributed by atoms with Crippen molar-refractivity contribution in [2.24, 2.45) is 5.92 Å². The molecule has 0 spiro atoms. The van der Waals surface area contributed by atoms with E-state index in [4.69, 9.17) is 44.3 Å². The highest BCUT2D eigenvalue weighted by molar-refractivity contribution is 6.33. The Balaban J connectivity index is 1.09. The van der Waals surface area contributed by atoms with Crippen LogP contribution in [0, 0.1) is 17.6 Å². The molecule has 0 radical (unpaired) electrons. The zero-order valence-electron chi connectivity index (χ0n) is 27.7. The normalized spacial score (nSPS) is 20.7. The molecule has 0 saturated heterocycles. The molecule has 0 fully saturated rings. The van der Waals surface area contributed by atoms with Crippen molar-refractivity contribution in [1.29, 1.82) is 0 Å². The monoisotopic (exact) mass is 774 g/mol. The van der Waals surface area contributed by atoms with Crippen molar-refractivity contribution < 1.29 is 27.8 Å². The summed E-state index contributed by atoms with van der Waals surface area (Å²) < 4.78 is 49.0. The number of anilines is 2. The van der Waals surface area contributed by atoms with E-state index in [0.717, 1.165) is 25.0 Å². The average molecular weight is 776 g/mol. The van der Waals surface area contributed by atoms with Gasteiger partial charge >= 0.3 is 0 Å². The van der Waals surface area contributed by atoms with Gasteiger partial charge in [-0.2, -0.15) is 0 Å². The summed E-state index contributed by atoms with van der Waals surface area (Å²) in [5.41, 5.74) is -0.794. The Morgan fingerprint density at radius 1 is 0.865 bits per heavy atom. The number of amides is 2. The van der Waals surface area contributed by atoms with Crippen LogP contribution >= 0.6 is 34.8 Å². The Hall–Kier alpha value is -4.53. The molecule has 52 heavy (non-hydrogen) atoms. The number of carbonyl (C=O) groups is 2. The van der Waals surface area contributed by atoms with Crippen LogP contribution < -0.4 is 30.8 Å². The van der Waals surface area contributed by atoms with Crippen molar-refractivity contribution in [3.63, 3.8) is 0 Å². The Bertz CT molecular complexity index is 2350. The molecule has 1 N–H and O–H groups in total. The summed E-state index contributed by atoms with van der Waals surface area (Å²) in [6.45, 7) is 6.55. The quantitative estimate of drug-likeness (QED) is 0.257. The van der Waals surface area contributed by atoms with Gasteiger partial charge in [-0.1, -0.05) is 41.4 Å². The predicted octanol–water partition coefficient (Wildman–Crippen LogP) is 6.00. The number of hydrogen-bond acceptors (Lipinski definition) is 6. The van der Waals surface area contributed by atoms with Gasteiger partial charge in [-0.3, -0.25) is 28.5 Å². The highest BCUT2D eigenvalue weighted by atomic mass is 35.5. The molecule has 3 atom stereocenters. The number of aromatic nitrogens is 4. The van der Waals surface area contributed by atoms with Gasteiger partial charge in [0.1, 0.15) is 33.4 Å². The minimum atomic E-state index is -1.08. The first-order valence-electron chi connectivity index (χ1n) is 16.8. The Morgan fingerprint density at radius 2 is 1.48 bits per heavy atom. The Morgan fingerprint density at radius 3 is 2.15 bits per heavy atom. The molecule has 2 aromatic heterocycles. The van der Waals surface area contributed by atoms with Crippen molar-refractivity contribution in [1.82, 2.24) is 18.7 Å². The summed E-state index contributed by atoms with van der Waals surface area (Å²) in [7, 11) is 0. The predicted molar refractivity (Wildman–Crippen MR) is 191 cm³/mol. The van der Waals surface area contributed by atoms with Crippen molar-refractivity contribution >= 4 is 58.0 Å². The van der Waals surface area contributed by atoms with Gasteiger partial charge in [-0.05, 0) is 50.7 Å². The van der Waals surface area contributed by atoms with Crippen LogP contribution in [-0.2, 0) is 35.8 Å². The molecular weight excluding hydrogens is 745 g/mol. The number of carbonyl (C=O) groups excluding carboxylic acids is 2. The molecule has 8 rings (SSSR count). The van der Waals surface area contributed by atoms with Crippen LogP contribution in [0.5, 0.6) is 11.5 Å². The van der Waals surface area contributed by atoms with Crippen molar-refractivity contribution in [3.05, 3.63) is 78.5 Å². The lowest BCUT2D eigenvalue weighted by Gasteiger charge is -2.36. The third-order valence-corrected chi connectivity index (χ3v) is 11.0. The maximum Gasteiger partial charge on any atom is 0.276 e. The summed E-state index contributed by atoms with van der Waals surface area (Å²) in [5.74, 6) is -2.45. The van der Waals surface area contributed by atoms with Crippen LogP contribution in [0.3, 0.4) is 0 Å². The zero-order valence-corrected chi connectivity index (χ0v) is 30.0. The molecule has 1 unspecified atom stereocenters. The number of hydrogen-bond donors (Lipinski definition) is 1. The van der Waals surface area contributed by atoms with E-state index in [1.54, 1.807) is 9.36 Å². The SMILES string of the molecule is C=C(Cl)CN1C(=O)[C@H](CC2CCn3c(Cl)c(-c4cc5c(cc4F)O[C@@H](C)C(=O)N5)c(=O)n3C2)Oc2cc(F)c(-c3c(Cl)n4n(c3=O)CCCC4)cc21. The second-order valence-corrected chi connectivity index (χ2v) is 14.7. The Labute approximate surface area is 309 Å². The number of nitrogens with zero attached hydrogens (tertiary/aromatic N) is 5. The topological polar surface area (TPSA) is 122 Å². The number of nitrogens with one attached hydrogen (secondary N) is 1. The average Bonchev–Trinajstić information content (AvgIpc) is 3.50. The lowest BCUT2D eigenvalue weighted by molar-refractivity contribution is -0.127. The van der Waals surface area contributed by atoms with Crippen LogP contribution in [0.15, 0.2) is 45.5 Å². The lowest BCUT2D eigenvalue weighted by Crippen LogP contribution is -2.48. The van der Waals surface area contributed by atoms with E-state index in [9.17, 15) is 19.2 Å². The number of benzene rings is 2. The summed E-state index contributed by atoms with van der Waals surface area (Å²) in [5, 5.41) is 2.94. The molecule has 2 amide bonds. The summed E-state index contributed by atoms with van der Waals surface area (Å²) in [6.07, 6.45) is 0.364. The van der Waals surface area contributed by atoms with Crippen molar-refractivity contribution in [3.8, 4) is 33.8 Å². The van der Waals surface area contributed by atoms with E-state index in [2.05, 4.69) is 11.9 Å². The first-order chi connectivity index (χ1) is 24.8. The van der Waals surface area contributed by atoms with Gasteiger partial charge in [-0.25, -0.2) is 18.1 Å². The van der Waals surface area contributed by atoms with E-state index in [0.29, 0.717) is 19.5 Å². The second-order valence-electron chi connectivity index (χ2n) is 13.4. The number of halogens is 5. The minimum Gasteiger partial charge on any atom is -0.479 e. The number of fused-ring (bicyclic) bond motifs is 4. The fourth-order valence-electron chi connectivity index (χ4n) is 7.52. The van der Waals surface area contributed by atoms with E-state index in [-0.39, 0.29) is 92.4 Å². The van der Waals surface area contributed by atoms with Crippen LogP contribution in [-0.4, -0.2) is 49.3 Å². The number of ether oxygens (including phenoxy) is 2. The zero-order chi connectivity index (χ0) is 36.7. The standard InChI is InChI=1S/C35H31Cl3F2N6O6/c1-16(36)14-42-24-11-20(29-30(37)43-6-3-4-7-45(43)34(29)49)22(40)13-26(24)52-27(33(42)48)9-18-5-8-44-31(38)28(35(50)46(44)15-18)19-10-23-25(12-21(19)39)51-17(2)32(47)41-23/h10-13,17-18,27H,1,3-9,14-15H2,2H3,(H,41,47)/t17-,18?,27-/m0/s1. The van der Waals surface area contributed by atoms with Crippen LogP contribution in [0.4, 0.5) is 20.2 Å². The molecule has 4 aromatic rings. The van der Waals surface area contributed by atoms with Crippen molar-refractivity contribution in [2.75, 3.05) is 16.8 Å². The smallest absolute Gasteiger partial charge is 0.276 e. The van der Waals surface area contributed by atoms with Crippen LogP contribution in [0.25, 0.3) is 22.3 Å². The number of rotatable bonds is 6. The first-order valence-corrected chi connectivity index (χ1v) is 17.9. The fourth-order valence-corrected chi connectivity index (χ4v) is 8.35. The highest BCUT2D eigenvalue weighted by Gasteiger charge is 2.39. The Kier molecular flexibility index (Phi) is 8.54. The van der Waals surface area contributed by atoms with E-state index in [1.807, 2.05) is 0 Å². The van der Waals surface area contributed by atoms with Gasteiger partial charge in [-0.15, -0.1) is 0 Å². The summed E-state index contributed by atoms with van der Waals surface area (Å²) >= 11 is 19.5. The maximum atomic E-state index is 15.9. The largest absolute Gasteiger partial charge is 0.479 e. The third-order valence-electron chi connectivity index (χ3n) is 10.1. The first kappa shape index (κ1) is 34.6. The molecule has 17 heteroatoms. The highest BCUT2D eigenvalue weighted by Crippen LogP contribution is 2.43. The van der Waals surface area contributed by atoms with Gasteiger partial charge in [0.15, 0.2) is 12.2 Å².